The van der Waals surface area contributed by atoms with Gasteiger partial charge in [0.15, 0.2) is 0 Å². The highest BCUT2D eigenvalue weighted by Gasteiger charge is 2.31. The fourth-order valence-corrected chi connectivity index (χ4v) is 4.91. The van der Waals surface area contributed by atoms with Gasteiger partial charge in [0, 0.05) is 38.8 Å². The minimum atomic E-state index is -3.68. The Hall–Kier alpha value is -1.87. The second-order valence-corrected chi connectivity index (χ2v) is 8.76. The lowest BCUT2D eigenvalue weighted by molar-refractivity contribution is 0.181. The average molecular weight is 429 g/mol. The number of benzene rings is 2. The molecule has 0 atom stereocenters. The van der Waals surface area contributed by atoms with Gasteiger partial charge >= 0.3 is 0 Å². The predicted octanol–water partition coefficient (Wildman–Crippen LogP) is 3.00. The third kappa shape index (κ3) is 4.41. The van der Waals surface area contributed by atoms with E-state index in [-0.39, 0.29) is 15.7 Å². The van der Waals surface area contributed by atoms with Gasteiger partial charge in [0.2, 0.25) is 10.0 Å². The van der Waals surface area contributed by atoms with Gasteiger partial charge in [-0.3, -0.25) is 4.90 Å². The molecule has 9 heteroatoms. The van der Waals surface area contributed by atoms with Crippen LogP contribution in [-0.2, 0) is 16.6 Å². The summed E-state index contributed by atoms with van der Waals surface area (Å²) >= 11 is 5.83. The normalized spacial score (nSPS) is 16.1. The number of methoxy groups -OCH3 is 2. The first-order chi connectivity index (χ1) is 13.3. The maximum absolute atomic E-state index is 13.3. The van der Waals surface area contributed by atoms with Crippen molar-refractivity contribution >= 4 is 21.6 Å². The highest BCUT2D eigenvalue weighted by atomic mass is 35.5. The quantitative estimate of drug-likeness (QED) is 0.707. The van der Waals surface area contributed by atoms with Gasteiger partial charge in [0.05, 0.1) is 19.2 Å². The molecular weight excluding hydrogens is 407 g/mol. The lowest BCUT2D eigenvalue weighted by atomic mass is 10.2. The van der Waals surface area contributed by atoms with E-state index in [0.717, 1.165) is 5.56 Å². The number of ether oxygens (including phenoxy) is 2. The van der Waals surface area contributed by atoms with Crippen LogP contribution in [0.1, 0.15) is 5.56 Å². The van der Waals surface area contributed by atoms with Crippen LogP contribution in [0, 0.1) is 5.82 Å². The summed E-state index contributed by atoms with van der Waals surface area (Å²) in [5.41, 5.74) is 0.888. The molecule has 1 aliphatic rings. The van der Waals surface area contributed by atoms with Gasteiger partial charge in [0.1, 0.15) is 22.2 Å². The van der Waals surface area contributed by atoms with E-state index < -0.39 is 15.8 Å². The first kappa shape index (κ1) is 20.9. The molecule has 2 aromatic carbocycles. The van der Waals surface area contributed by atoms with Gasteiger partial charge in [-0.15, -0.1) is 0 Å². The van der Waals surface area contributed by atoms with Crippen molar-refractivity contribution in [2.45, 2.75) is 11.4 Å². The summed E-state index contributed by atoms with van der Waals surface area (Å²) in [5.74, 6) is 0.330. The molecule has 2 aromatic rings. The smallest absolute Gasteiger partial charge is 0.246 e. The molecule has 1 aliphatic heterocycles. The van der Waals surface area contributed by atoms with E-state index >= 15 is 0 Å². The molecule has 0 bridgehead atoms. The Morgan fingerprint density at radius 3 is 2.36 bits per heavy atom. The summed E-state index contributed by atoms with van der Waals surface area (Å²) in [7, 11) is -0.742. The van der Waals surface area contributed by atoms with E-state index in [1.54, 1.807) is 24.3 Å². The van der Waals surface area contributed by atoms with Crippen LogP contribution in [0.25, 0.3) is 0 Å². The molecule has 28 heavy (non-hydrogen) atoms. The van der Waals surface area contributed by atoms with Crippen LogP contribution in [-0.4, -0.2) is 58.0 Å². The van der Waals surface area contributed by atoms with Crippen molar-refractivity contribution in [1.82, 2.24) is 9.21 Å². The molecular formula is C19H22ClFN2O4S. The lowest BCUT2D eigenvalue weighted by Gasteiger charge is -2.34. The zero-order chi connectivity index (χ0) is 20.3. The molecule has 0 radical (unpaired) electrons. The van der Waals surface area contributed by atoms with E-state index in [0.29, 0.717) is 38.5 Å². The van der Waals surface area contributed by atoms with E-state index in [4.69, 9.17) is 21.1 Å². The largest absolute Gasteiger partial charge is 0.497 e. The Kier molecular flexibility index (Phi) is 6.44. The maximum atomic E-state index is 13.3. The minimum Gasteiger partial charge on any atom is -0.497 e. The maximum Gasteiger partial charge on any atom is 0.246 e. The van der Waals surface area contributed by atoms with Crippen molar-refractivity contribution in [3.63, 3.8) is 0 Å². The van der Waals surface area contributed by atoms with Crippen molar-refractivity contribution in [1.29, 1.82) is 0 Å². The molecule has 0 N–H and O–H groups in total. The monoisotopic (exact) mass is 428 g/mol. The molecule has 0 unspecified atom stereocenters. The van der Waals surface area contributed by atoms with Crippen molar-refractivity contribution < 1.29 is 22.3 Å². The standard InChI is InChI=1S/C19H22ClFN2O4S/c1-26-15-4-6-19(18(12-15)27-2)28(24,25)23-9-7-22(8-10-23)13-14-3-5-17(21)16(20)11-14/h3-6,11-12H,7-10,13H2,1-2H3. The molecule has 0 saturated carbocycles. The molecule has 1 fully saturated rings. The highest BCUT2D eigenvalue weighted by molar-refractivity contribution is 7.89. The minimum absolute atomic E-state index is 0.0883. The van der Waals surface area contributed by atoms with E-state index in [1.807, 2.05) is 0 Å². The fraction of sp³-hybridized carbons (Fsp3) is 0.368. The van der Waals surface area contributed by atoms with Gasteiger partial charge in [-0.1, -0.05) is 17.7 Å². The summed E-state index contributed by atoms with van der Waals surface area (Å²) in [6, 6.07) is 9.29. The second kappa shape index (κ2) is 8.65. The first-order valence-corrected chi connectivity index (χ1v) is 10.6. The highest BCUT2D eigenvalue weighted by Crippen LogP contribution is 2.31. The summed E-state index contributed by atoms with van der Waals surface area (Å²) < 4.78 is 51.2. The Bertz CT molecular complexity index is 947. The molecule has 0 spiro atoms. The van der Waals surface area contributed by atoms with Gasteiger partial charge in [-0.2, -0.15) is 4.31 Å². The zero-order valence-corrected chi connectivity index (χ0v) is 17.3. The number of piperazine rings is 1. The van der Waals surface area contributed by atoms with Crippen molar-refractivity contribution in [3.8, 4) is 11.5 Å². The topological polar surface area (TPSA) is 59.1 Å². The molecule has 152 valence electrons. The molecule has 1 heterocycles. The second-order valence-electron chi connectivity index (χ2n) is 6.45. The summed E-state index contributed by atoms with van der Waals surface area (Å²) in [4.78, 5) is 2.23. The molecule has 6 nitrogen and oxygen atoms in total. The van der Waals surface area contributed by atoms with Crippen LogP contribution >= 0.6 is 11.6 Å². The SMILES string of the molecule is COc1ccc(S(=O)(=O)N2CCN(Cc3ccc(F)c(Cl)c3)CC2)c(OC)c1. The number of nitrogens with zero attached hydrogens (tertiary/aromatic N) is 2. The third-order valence-corrected chi connectivity index (χ3v) is 6.94. The Balaban J connectivity index is 1.69. The van der Waals surface area contributed by atoms with Gasteiger partial charge in [-0.25, -0.2) is 12.8 Å². The van der Waals surface area contributed by atoms with Crippen LogP contribution in [0.3, 0.4) is 0 Å². The molecule has 3 rings (SSSR count). The lowest BCUT2D eigenvalue weighted by Crippen LogP contribution is -2.48. The van der Waals surface area contributed by atoms with Gasteiger partial charge in [0.25, 0.3) is 0 Å². The van der Waals surface area contributed by atoms with Gasteiger partial charge in [-0.05, 0) is 29.8 Å². The number of hydrogen-bond donors (Lipinski definition) is 0. The summed E-state index contributed by atoms with van der Waals surface area (Å²) in [6.07, 6.45) is 0. The van der Waals surface area contributed by atoms with Crippen molar-refractivity contribution in [2.75, 3.05) is 40.4 Å². The third-order valence-electron chi connectivity index (χ3n) is 4.71. The van der Waals surface area contributed by atoms with Crippen LogP contribution in [0.4, 0.5) is 4.39 Å². The fourth-order valence-electron chi connectivity index (χ4n) is 3.15. The van der Waals surface area contributed by atoms with Crippen molar-refractivity contribution in [3.05, 3.63) is 52.8 Å². The Morgan fingerprint density at radius 1 is 1.04 bits per heavy atom. The van der Waals surface area contributed by atoms with Crippen LogP contribution in [0.2, 0.25) is 5.02 Å². The summed E-state index contributed by atoms with van der Waals surface area (Å²) in [5, 5.41) is 0.0883. The van der Waals surface area contributed by atoms with Crippen LogP contribution < -0.4 is 9.47 Å². The van der Waals surface area contributed by atoms with Crippen molar-refractivity contribution in [2.24, 2.45) is 0 Å². The predicted molar refractivity (Wildman–Crippen MR) is 105 cm³/mol. The molecule has 0 aliphatic carbocycles. The average Bonchev–Trinajstić information content (AvgIpc) is 2.70. The van der Waals surface area contributed by atoms with Gasteiger partial charge < -0.3 is 9.47 Å². The summed E-state index contributed by atoms with van der Waals surface area (Å²) in [6.45, 7) is 2.41. The Labute approximate surface area is 169 Å². The molecule has 0 aromatic heterocycles. The van der Waals surface area contributed by atoms with E-state index in [2.05, 4.69) is 4.90 Å². The van der Waals surface area contributed by atoms with E-state index in [1.165, 1.54) is 30.7 Å². The van der Waals surface area contributed by atoms with Crippen LogP contribution in [0.5, 0.6) is 11.5 Å². The number of hydrogen-bond acceptors (Lipinski definition) is 5. The zero-order valence-electron chi connectivity index (χ0n) is 15.7. The number of halogens is 2. The number of sulfonamides is 1. The Morgan fingerprint density at radius 2 is 1.75 bits per heavy atom. The van der Waals surface area contributed by atoms with Crippen LogP contribution in [0.15, 0.2) is 41.3 Å². The molecule has 0 amide bonds. The van der Waals surface area contributed by atoms with E-state index in [9.17, 15) is 12.8 Å². The number of rotatable bonds is 6. The first-order valence-electron chi connectivity index (χ1n) is 8.73. The molecule has 1 saturated heterocycles.